The molecule has 6 heteroatoms. The van der Waals surface area contributed by atoms with Crippen molar-refractivity contribution in [1.29, 1.82) is 0 Å². The van der Waals surface area contributed by atoms with E-state index in [-0.39, 0.29) is 4.90 Å². The Kier molecular flexibility index (Phi) is 3.49. The number of sulfonamides is 1. The number of aromatic amines is 1. The number of aliphatic hydroxyl groups is 1. The van der Waals surface area contributed by atoms with Crippen LogP contribution in [0.3, 0.4) is 0 Å². The number of hydrogen-bond acceptors (Lipinski definition) is 3. The highest BCUT2D eigenvalue weighted by Gasteiger charge is 2.41. The molecular weight excluding hydrogens is 324 g/mol. The lowest BCUT2D eigenvalue weighted by molar-refractivity contribution is 0.0893. The summed E-state index contributed by atoms with van der Waals surface area (Å²) in [6.45, 7) is 0. The third-order valence-corrected chi connectivity index (χ3v) is 6.80. The van der Waals surface area contributed by atoms with Gasteiger partial charge in [0.1, 0.15) is 0 Å². The predicted octanol–water partition coefficient (Wildman–Crippen LogP) is 2.45. The lowest BCUT2D eigenvalue weighted by Crippen LogP contribution is -2.46. The number of nitrogens with one attached hydrogen (secondary N) is 1. The van der Waals surface area contributed by atoms with Crippen LogP contribution >= 0.6 is 0 Å². The maximum absolute atomic E-state index is 12.8. The van der Waals surface area contributed by atoms with Gasteiger partial charge in [-0.2, -0.15) is 4.31 Å². The van der Waals surface area contributed by atoms with Crippen molar-refractivity contribution in [2.24, 2.45) is 0 Å². The number of benzene rings is 2. The van der Waals surface area contributed by atoms with Gasteiger partial charge in [0, 0.05) is 29.7 Å². The first-order chi connectivity index (χ1) is 11.5. The molecule has 24 heavy (non-hydrogen) atoms. The molecule has 2 heterocycles. The van der Waals surface area contributed by atoms with Crippen molar-refractivity contribution in [2.75, 3.05) is 7.05 Å². The third-order valence-electron chi connectivity index (χ3n) is 4.84. The molecule has 0 radical (unpaired) electrons. The zero-order valence-electron chi connectivity index (χ0n) is 13.2. The molecule has 0 amide bonds. The maximum Gasteiger partial charge on any atom is 0.243 e. The second-order valence-electron chi connectivity index (χ2n) is 6.13. The summed E-state index contributed by atoms with van der Waals surface area (Å²) in [5.74, 6) is 0. The van der Waals surface area contributed by atoms with Crippen LogP contribution < -0.4 is 0 Å². The van der Waals surface area contributed by atoms with Gasteiger partial charge < -0.3 is 10.1 Å². The molecule has 5 nitrogen and oxygen atoms in total. The van der Waals surface area contributed by atoms with Gasteiger partial charge in [-0.1, -0.05) is 30.3 Å². The largest absolute Gasteiger partial charge is 0.387 e. The van der Waals surface area contributed by atoms with E-state index in [9.17, 15) is 13.5 Å². The monoisotopic (exact) mass is 342 g/mol. The van der Waals surface area contributed by atoms with Crippen molar-refractivity contribution in [3.8, 4) is 0 Å². The summed E-state index contributed by atoms with van der Waals surface area (Å²) in [5.41, 5.74) is 2.49. The molecule has 2 atom stereocenters. The van der Waals surface area contributed by atoms with E-state index < -0.39 is 22.2 Å². The molecule has 0 saturated heterocycles. The summed E-state index contributed by atoms with van der Waals surface area (Å²) < 4.78 is 26.8. The molecule has 3 aromatic rings. The summed E-state index contributed by atoms with van der Waals surface area (Å²) in [5, 5.41) is 11.8. The quantitative estimate of drug-likeness (QED) is 0.751. The summed E-state index contributed by atoms with van der Waals surface area (Å²) in [7, 11) is -2.06. The van der Waals surface area contributed by atoms with Crippen molar-refractivity contribution in [3.63, 3.8) is 0 Å². The van der Waals surface area contributed by atoms with Gasteiger partial charge in [-0.25, -0.2) is 8.42 Å². The highest BCUT2D eigenvalue weighted by molar-refractivity contribution is 7.89. The first-order valence-corrected chi connectivity index (χ1v) is 9.24. The number of likely N-dealkylation sites (N-methyl/N-ethyl adjacent to an activating group) is 1. The number of hydrogen-bond donors (Lipinski definition) is 2. The van der Waals surface area contributed by atoms with E-state index in [0.29, 0.717) is 12.0 Å². The van der Waals surface area contributed by atoms with Gasteiger partial charge in [-0.05, 0) is 30.2 Å². The number of rotatable bonds is 2. The van der Waals surface area contributed by atoms with E-state index in [0.717, 1.165) is 16.5 Å². The normalized spacial score (nSPS) is 23.2. The zero-order valence-corrected chi connectivity index (χ0v) is 14.0. The molecule has 2 aromatic carbocycles. The first-order valence-electron chi connectivity index (χ1n) is 7.80. The molecule has 0 bridgehead atoms. The number of aliphatic hydroxyl groups excluding tert-OH is 1. The van der Waals surface area contributed by atoms with E-state index in [4.69, 9.17) is 0 Å². The Morgan fingerprint density at radius 2 is 1.92 bits per heavy atom. The second-order valence-corrected chi connectivity index (χ2v) is 8.10. The summed E-state index contributed by atoms with van der Waals surface area (Å²) in [6.07, 6.45) is 1.45. The van der Waals surface area contributed by atoms with Gasteiger partial charge >= 0.3 is 0 Å². The molecule has 0 fully saturated rings. The first kappa shape index (κ1) is 15.4. The molecule has 124 valence electrons. The number of nitrogens with zero attached hydrogens (tertiary/aromatic N) is 1. The molecule has 1 aliphatic heterocycles. The summed E-state index contributed by atoms with van der Waals surface area (Å²) in [6, 6.07) is 14.0. The van der Waals surface area contributed by atoms with Gasteiger partial charge in [-0.3, -0.25) is 0 Å². The van der Waals surface area contributed by atoms with Gasteiger partial charge in [0.25, 0.3) is 0 Å². The minimum Gasteiger partial charge on any atom is -0.387 e. The van der Waals surface area contributed by atoms with Crippen molar-refractivity contribution in [1.82, 2.24) is 9.29 Å². The third kappa shape index (κ3) is 2.18. The van der Waals surface area contributed by atoms with Crippen LogP contribution in [0.15, 0.2) is 59.6 Å². The van der Waals surface area contributed by atoms with E-state index in [1.807, 2.05) is 30.5 Å². The summed E-state index contributed by atoms with van der Waals surface area (Å²) in [4.78, 5) is 3.35. The number of H-pyrrole nitrogens is 1. The standard InChI is InChI=1S/C18H18N2O3S/c1-20-16(11-12-5-4-7-15-13(12)9-10-19-15)18(21)14-6-2-3-8-17(14)24(20,22)23/h2-10,16,18-19,21H,11H2,1H3/t16-,18+/m1/s1. The Morgan fingerprint density at radius 3 is 2.75 bits per heavy atom. The van der Waals surface area contributed by atoms with Crippen LogP contribution in [0.2, 0.25) is 0 Å². The fourth-order valence-corrected chi connectivity index (χ4v) is 5.09. The predicted molar refractivity (Wildman–Crippen MR) is 92.1 cm³/mol. The minimum absolute atomic E-state index is 0.191. The molecule has 1 aliphatic rings. The molecule has 4 rings (SSSR count). The lowest BCUT2D eigenvalue weighted by atomic mass is 9.94. The molecule has 0 unspecified atom stereocenters. The molecule has 0 aliphatic carbocycles. The number of fused-ring (bicyclic) bond motifs is 2. The zero-order chi connectivity index (χ0) is 16.9. The Morgan fingerprint density at radius 1 is 1.12 bits per heavy atom. The van der Waals surface area contributed by atoms with E-state index in [2.05, 4.69) is 4.98 Å². The van der Waals surface area contributed by atoms with Crippen LogP contribution in [0.1, 0.15) is 17.2 Å². The minimum atomic E-state index is -3.60. The molecule has 2 N–H and O–H groups in total. The van der Waals surface area contributed by atoms with Crippen molar-refractivity contribution < 1.29 is 13.5 Å². The van der Waals surface area contributed by atoms with Crippen LogP contribution in [-0.4, -0.2) is 35.9 Å². The van der Waals surface area contributed by atoms with Crippen LogP contribution in [0.4, 0.5) is 0 Å². The van der Waals surface area contributed by atoms with Crippen molar-refractivity contribution in [2.45, 2.75) is 23.5 Å². The van der Waals surface area contributed by atoms with Gasteiger partial charge in [0.15, 0.2) is 0 Å². The average Bonchev–Trinajstić information content (AvgIpc) is 3.07. The van der Waals surface area contributed by atoms with Crippen LogP contribution in [-0.2, 0) is 16.4 Å². The Labute approximate surface area is 140 Å². The highest BCUT2D eigenvalue weighted by Crippen LogP contribution is 2.37. The highest BCUT2D eigenvalue weighted by atomic mass is 32.2. The fraction of sp³-hybridized carbons (Fsp3) is 0.222. The molecule has 0 spiro atoms. The Balaban J connectivity index is 1.80. The topological polar surface area (TPSA) is 73.4 Å². The van der Waals surface area contributed by atoms with Crippen molar-refractivity contribution >= 4 is 20.9 Å². The number of aromatic nitrogens is 1. The second kappa shape index (κ2) is 5.44. The smallest absolute Gasteiger partial charge is 0.243 e. The van der Waals surface area contributed by atoms with Gasteiger partial charge in [-0.15, -0.1) is 0 Å². The average molecular weight is 342 g/mol. The Hall–Kier alpha value is -2.15. The van der Waals surface area contributed by atoms with Crippen LogP contribution in [0.25, 0.3) is 10.9 Å². The maximum atomic E-state index is 12.8. The van der Waals surface area contributed by atoms with E-state index >= 15 is 0 Å². The van der Waals surface area contributed by atoms with Crippen LogP contribution in [0, 0.1) is 0 Å². The summed E-state index contributed by atoms with van der Waals surface area (Å²) >= 11 is 0. The molecule has 0 saturated carbocycles. The SMILES string of the molecule is CN1[C@H](Cc2cccc3[nH]ccc23)[C@@H](O)c2ccccc2S1(=O)=O. The lowest BCUT2D eigenvalue weighted by Gasteiger charge is -2.37. The Bertz CT molecular complexity index is 1010. The van der Waals surface area contributed by atoms with Crippen molar-refractivity contribution in [3.05, 3.63) is 65.9 Å². The molecule has 1 aromatic heterocycles. The van der Waals surface area contributed by atoms with Gasteiger partial charge in [0.2, 0.25) is 10.0 Å². The van der Waals surface area contributed by atoms with E-state index in [1.165, 1.54) is 11.4 Å². The van der Waals surface area contributed by atoms with Crippen LogP contribution in [0.5, 0.6) is 0 Å². The van der Waals surface area contributed by atoms with E-state index in [1.54, 1.807) is 24.3 Å². The fourth-order valence-electron chi connectivity index (χ4n) is 3.49. The van der Waals surface area contributed by atoms with Gasteiger partial charge in [0.05, 0.1) is 17.0 Å². The molecular formula is C18H18N2O3S.